The zero-order valence-electron chi connectivity index (χ0n) is 4.92. The summed E-state index contributed by atoms with van der Waals surface area (Å²) in [5, 5.41) is 1.09. The SMILES string of the molecule is C=CC(=O)N(N)CC. The second-order valence-corrected chi connectivity index (χ2v) is 1.33. The lowest BCUT2D eigenvalue weighted by molar-refractivity contribution is -0.126. The molecule has 3 nitrogen and oxygen atoms in total. The average Bonchev–Trinajstić information content (AvgIpc) is 1.84. The zero-order valence-corrected chi connectivity index (χ0v) is 4.92. The molecule has 0 bridgehead atoms. The van der Waals surface area contributed by atoms with Gasteiger partial charge >= 0.3 is 0 Å². The van der Waals surface area contributed by atoms with Gasteiger partial charge in [0.2, 0.25) is 0 Å². The Kier molecular flexibility index (Phi) is 2.88. The fourth-order valence-corrected chi connectivity index (χ4v) is 0.273. The first-order valence-corrected chi connectivity index (χ1v) is 2.41. The summed E-state index contributed by atoms with van der Waals surface area (Å²) < 4.78 is 0. The summed E-state index contributed by atoms with van der Waals surface area (Å²) in [6.07, 6.45) is 1.18. The van der Waals surface area contributed by atoms with Gasteiger partial charge in [0.15, 0.2) is 0 Å². The molecule has 0 atom stereocenters. The number of nitrogens with zero attached hydrogens (tertiary/aromatic N) is 1. The molecule has 0 aliphatic carbocycles. The second kappa shape index (κ2) is 3.21. The molecule has 0 radical (unpaired) electrons. The number of carbonyl (C=O) groups is 1. The predicted octanol–water partition coefficient (Wildman–Crippen LogP) is -0.105. The van der Waals surface area contributed by atoms with E-state index in [0.717, 1.165) is 5.01 Å². The Morgan fingerprint density at radius 1 is 2.00 bits per heavy atom. The molecular weight excluding hydrogens is 104 g/mol. The smallest absolute Gasteiger partial charge is 0.259 e. The van der Waals surface area contributed by atoms with Gasteiger partial charge in [-0.3, -0.25) is 9.80 Å². The highest BCUT2D eigenvalue weighted by molar-refractivity contribution is 5.86. The van der Waals surface area contributed by atoms with Crippen LogP contribution in [0.4, 0.5) is 0 Å². The van der Waals surface area contributed by atoms with Gasteiger partial charge in [0.1, 0.15) is 0 Å². The molecule has 46 valence electrons. The van der Waals surface area contributed by atoms with Crippen molar-refractivity contribution in [3.8, 4) is 0 Å². The van der Waals surface area contributed by atoms with Crippen molar-refractivity contribution in [2.45, 2.75) is 6.92 Å². The first-order valence-electron chi connectivity index (χ1n) is 2.41. The molecular formula is C5H10N2O. The zero-order chi connectivity index (χ0) is 6.57. The second-order valence-electron chi connectivity index (χ2n) is 1.33. The van der Waals surface area contributed by atoms with E-state index in [9.17, 15) is 4.79 Å². The van der Waals surface area contributed by atoms with Crippen LogP contribution < -0.4 is 5.84 Å². The standard InChI is InChI=1S/C5H10N2O/c1-3-5(8)7(6)4-2/h3H,1,4,6H2,2H3. The largest absolute Gasteiger partial charge is 0.277 e. The Hall–Kier alpha value is -0.830. The summed E-state index contributed by atoms with van der Waals surface area (Å²) in [6.45, 7) is 5.57. The molecule has 0 rings (SSSR count). The third-order valence-electron chi connectivity index (χ3n) is 0.798. The molecule has 0 spiro atoms. The van der Waals surface area contributed by atoms with E-state index in [1.807, 2.05) is 0 Å². The summed E-state index contributed by atoms with van der Waals surface area (Å²) in [7, 11) is 0. The number of likely N-dealkylation sites (N-methyl/N-ethyl adjacent to an activating group) is 1. The van der Waals surface area contributed by atoms with E-state index in [1.54, 1.807) is 6.92 Å². The number of rotatable bonds is 2. The normalized spacial score (nSPS) is 8.25. The highest BCUT2D eigenvalue weighted by Gasteiger charge is 1.97. The third kappa shape index (κ3) is 1.75. The lowest BCUT2D eigenvalue weighted by Crippen LogP contribution is -2.35. The van der Waals surface area contributed by atoms with Crippen LogP contribution in [0.3, 0.4) is 0 Å². The topological polar surface area (TPSA) is 46.3 Å². The Morgan fingerprint density at radius 2 is 2.50 bits per heavy atom. The first-order chi connectivity index (χ1) is 3.72. The van der Waals surface area contributed by atoms with Crippen molar-refractivity contribution in [2.75, 3.05) is 6.54 Å². The van der Waals surface area contributed by atoms with Gasteiger partial charge in [0.05, 0.1) is 0 Å². The van der Waals surface area contributed by atoms with Crippen molar-refractivity contribution < 1.29 is 4.79 Å². The lowest BCUT2D eigenvalue weighted by Gasteiger charge is -2.09. The van der Waals surface area contributed by atoms with Crippen LogP contribution in [0.1, 0.15) is 6.92 Å². The fraction of sp³-hybridized carbons (Fsp3) is 0.400. The Bertz CT molecular complexity index is 101. The number of hydrogen-bond acceptors (Lipinski definition) is 2. The van der Waals surface area contributed by atoms with E-state index < -0.39 is 0 Å². The van der Waals surface area contributed by atoms with Crippen LogP contribution in [-0.2, 0) is 4.79 Å². The Labute approximate surface area is 48.7 Å². The molecule has 0 saturated carbocycles. The van der Waals surface area contributed by atoms with Gasteiger partial charge < -0.3 is 0 Å². The van der Waals surface area contributed by atoms with Crippen molar-refractivity contribution in [1.82, 2.24) is 5.01 Å². The summed E-state index contributed by atoms with van der Waals surface area (Å²) in [6, 6.07) is 0. The molecule has 0 aromatic carbocycles. The summed E-state index contributed by atoms with van der Waals surface area (Å²) in [5.74, 6) is 4.90. The van der Waals surface area contributed by atoms with Crippen molar-refractivity contribution in [1.29, 1.82) is 0 Å². The van der Waals surface area contributed by atoms with E-state index in [1.165, 1.54) is 6.08 Å². The van der Waals surface area contributed by atoms with Crippen LogP contribution in [0.2, 0.25) is 0 Å². The molecule has 0 heterocycles. The predicted molar refractivity (Wildman–Crippen MR) is 31.8 cm³/mol. The molecule has 0 aromatic heterocycles. The quantitative estimate of drug-likeness (QED) is 0.236. The molecule has 0 fully saturated rings. The molecule has 8 heavy (non-hydrogen) atoms. The van der Waals surface area contributed by atoms with Gasteiger partial charge in [-0.15, -0.1) is 0 Å². The summed E-state index contributed by atoms with van der Waals surface area (Å²) in [4.78, 5) is 10.4. The van der Waals surface area contributed by atoms with Gasteiger partial charge in [0.25, 0.3) is 5.91 Å². The number of nitrogens with two attached hydrogens (primary N) is 1. The van der Waals surface area contributed by atoms with E-state index >= 15 is 0 Å². The van der Waals surface area contributed by atoms with Crippen LogP contribution >= 0.6 is 0 Å². The number of amides is 1. The van der Waals surface area contributed by atoms with E-state index in [0.29, 0.717) is 6.54 Å². The van der Waals surface area contributed by atoms with Crippen molar-refractivity contribution >= 4 is 5.91 Å². The first kappa shape index (κ1) is 7.17. The van der Waals surface area contributed by atoms with Crippen molar-refractivity contribution in [3.63, 3.8) is 0 Å². The summed E-state index contributed by atoms with van der Waals surface area (Å²) >= 11 is 0. The van der Waals surface area contributed by atoms with E-state index in [2.05, 4.69) is 6.58 Å². The highest BCUT2D eigenvalue weighted by Crippen LogP contribution is 1.77. The minimum Gasteiger partial charge on any atom is -0.277 e. The lowest BCUT2D eigenvalue weighted by atomic mass is 10.5. The van der Waals surface area contributed by atoms with Gasteiger partial charge in [-0.25, -0.2) is 5.84 Å². The van der Waals surface area contributed by atoms with Crippen molar-refractivity contribution in [3.05, 3.63) is 12.7 Å². The van der Waals surface area contributed by atoms with Crippen LogP contribution in [0.15, 0.2) is 12.7 Å². The minimum atomic E-state index is -0.243. The maximum Gasteiger partial charge on any atom is 0.259 e. The molecule has 0 aromatic rings. The Balaban J connectivity index is 3.62. The maximum atomic E-state index is 10.4. The van der Waals surface area contributed by atoms with Crippen LogP contribution in [0, 0.1) is 0 Å². The number of hydrazine groups is 1. The van der Waals surface area contributed by atoms with E-state index in [4.69, 9.17) is 5.84 Å². The van der Waals surface area contributed by atoms with Gasteiger partial charge in [-0.1, -0.05) is 6.58 Å². The molecule has 0 aliphatic heterocycles. The molecule has 2 N–H and O–H groups in total. The third-order valence-corrected chi connectivity index (χ3v) is 0.798. The molecule has 0 aliphatic rings. The van der Waals surface area contributed by atoms with Gasteiger partial charge in [-0.2, -0.15) is 0 Å². The molecule has 3 heteroatoms. The monoisotopic (exact) mass is 114 g/mol. The maximum absolute atomic E-state index is 10.4. The van der Waals surface area contributed by atoms with Gasteiger partial charge in [-0.05, 0) is 13.0 Å². The molecule has 0 saturated heterocycles. The fourth-order valence-electron chi connectivity index (χ4n) is 0.273. The van der Waals surface area contributed by atoms with E-state index in [-0.39, 0.29) is 5.91 Å². The Morgan fingerprint density at radius 3 is 2.62 bits per heavy atom. The molecule has 0 unspecified atom stereocenters. The number of hydrogen-bond donors (Lipinski definition) is 1. The average molecular weight is 114 g/mol. The van der Waals surface area contributed by atoms with Crippen LogP contribution in [0.5, 0.6) is 0 Å². The summed E-state index contributed by atoms with van der Waals surface area (Å²) in [5.41, 5.74) is 0. The van der Waals surface area contributed by atoms with Gasteiger partial charge in [0, 0.05) is 6.54 Å². The van der Waals surface area contributed by atoms with Crippen LogP contribution in [0.25, 0.3) is 0 Å². The highest BCUT2D eigenvalue weighted by atomic mass is 16.2. The van der Waals surface area contributed by atoms with Crippen LogP contribution in [-0.4, -0.2) is 17.5 Å². The number of carbonyl (C=O) groups excluding carboxylic acids is 1. The molecule has 1 amide bonds. The van der Waals surface area contributed by atoms with Crippen molar-refractivity contribution in [2.24, 2.45) is 5.84 Å². The minimum absolute atomic E-state index is 0.243.